The number of nitrogens with one attached hydrogen (secondary N) is 2. The van der Waals surface area contributed by atoms with Crippen LogP contribution in [-0.2, 0) is 0 Å². The summed E-state index contributed by atoms with van der Waals surface area (Å²) in [5.74, 6) is 1.45. The third-order valence-corrected chi connectivity index (χ3v) is 4.89. The number of nitrogens with zero attached hydrogens (tertiary/aromatic N) is 3. The minimum absolute atomic E-state index is 0.0615. The highest BCUT2D eigenvalue weighted by atomic mass is 16.5. The SMILES string of the molecule is COc1ccc2ccc(OC)c(C=NNc3nc(-c4ccccc4)c(C#N)c(=O)[nH]3)c2c1. The maximum atomic E-state index is 12.4. The van der Waals surface area contributed by atoms with Crippen LogP contribution >= 0.6 is 0 Å². The molecule has 0 fully saturated rings. The van der Waals surface area contributed by atoms with Crippen LogP contribution in [0.3, 0.4) is 0 Å². The number of aromatic amines is 1. The molecule has 0 aliphatic heterocycles. The number of hydrogen-bond donors (Lipinski definition) is 2. The average Bonchev–Trinajstić information content (AvgIpc) is 2.84. The van der Waals surface area contributed by atoms with Gasteiger partial charge in [0.25, 0.3) is 5.56 Å². The molecule has 158 valence electrons. The quantitative estimate of drug-likeness (QED) is 0.358. The Balaban J connectivity index is 1.72. The molecule has 0 saturated heterocycles. The van der Waals surface area contributed by atoms with Gasteiger partial charge in [-0.3, -0.25) is 9.78 Å². The van der Waals surface area contributed by atoms with E-state index in [0.717, 1.165) is 16.3 Å². The van der Waals surface area contributed by atoms with Crippen molar-refractivity contribution < 1.29 is 9.47 Å². The fourth-order valence-electron chi connectivity index (χ4n) is 3.33. The van der Waals surface area contributed by atoms with E-state index in [-0.39, 0.29) is 17.2 Å². The highest BCUT2D eigenvalue weighted by Crippen LogP contribution is 2.29. The van der Waals surface area contributed by atoms with Crippen molar-refractivity contribution in [3.63, 3.8) is 0 Å². The number of fused-ring (bicyclic) bond motifs is 1. The van der Waals surface area contributed by atoms with E-state index in [1.807, 2.05) is 54.6 Å². The molecule has 4 rings (SSSR count). The van der Waals surface area contributed by atoms with E-state index in [4.69, 9.17) is 9.47 Å². The molecule has 0 spiro atoms. The van der Waals surface area contributed by atoms with E-state index in [0.29, 0.717) is 17.1 Å². The third kappa shape index (κ3) is 4.00. The van der Waals surface area contributed by atoms with E-state index in [1.165, 1.54) is 0 Å². The first-order valence-electron chi connectivity index (χ1n) is 9.68. The van der Waals surface area contributed by atoms with Crippen LogP contribution in [0.1, 0.15) is 11.1 Å². The Kier molecular flexibility index (Phi) is 5.81. The van der Waals surface area contributed by atoms with Gasteiger partial charge in [-0.15, -0.1) is 0 Å². The Labute approximate surface area is 183 Å². The normalized spacial score (nSPS) is 10.8. The number of methoxy groups -OCH3 is 2. The summed E-state index contributed by atoms with van der Waals surface area (Å²) in [4.78, 5) is 19.3. The molecule has 4 aromatic rings. The minimum atomic E-state index is -0.550. The van der Waals surface area contributed by atoms with Crippen molar-refractivity contribution in [2.24, 2.45) is 5.10 Å². The molecule has 8 heteroatoms. The van der Waals surface area contributed by atoms with Crippen molar-refractivity contribution in [2.75, 3.05) is 19.6 Å². The van der Waals surface area contributed by atoms with Crippen molar-refractivity contribution in [3.05, 3.63) is 82.1 Å². The van der Waals surface area contributed by atoms with Crippen LogP contribution in [0.25, 0.3) is 22.0 Å². The second kappa shape index (κ2) is 9.02. The van der Waals surface area contributed by atoms with Gasteiger partial charge < -0.3 is 9.47 Å². The van der Waals surface area contributed by atoms with Crippen molar-refractivity contribution in [1.82, 2.24) is 9.97 Å². The minimum Gasteiger partial charge on any atom is -0.497 e. The van der Waals surface area contributed by atoms with Crippen molar-refractivity contribution in [2.45, 2.75) is 0 Å². The first kappa shape index (κ1) is 20.6. The van der Waals surface area contributed by atoms with Crippen molar-refractivity contribution in [3.8, 4) is 28.8 Å². The van der Waals surface area contributed by atoms with Crippen LogP contribution in [0.15, 0.2) is 70.6 Å². The lowest BCUT2D eigenvalue weighted by atomic mass is 10.0. The molecule has 0 bridgehead atoms. The fourth-order valence-corrected chi connectivity index (χ4v) is 3.33. The van der Waals surface area contributed by atoms with Gasteiger partial charge in [-0.2, -0.15) is 10.4 Å². The van der Waals surface area contributed by atoms with E-state index in [9.17, 15) is 10.1 Å². The number of aromatic nitrogens is 2. The van der Waals surface area contributed by atoms with Gasteiger partial charge in [0.1, 0.15) is 23.1 Å². The van der Waals surface area contributed by atoms with E-state index >= 15 is 0 Å². The molecular formula is C24H19N5O3. The molecule has 0 aliphatic rings. The second-order valence-corrected chi connectivity index (χ2v) is 6.75. The molecule has 0 amide bonds. The monoisotopic (exact) mass is 425 g/mol. The number of H-pyrrole nitrogens is 1. The maximum absolute atomic E-state index is 12.4. The first-order valence-corrected chi connectivity index (χ1v) is 9.68. The topological polar surface area (TPSA) is 112 Å². The summed E-state index contributed by atoms with van der Waals surface area (Å²) in [5, 5.41) is 15.5. The number of nitriles is 1. The Morgan fingerprint density at radius 2 is 1.88 bits per heavy atom. The summed E-state index contributed by atoms with van der Waals surface area (Å²) in [7, 11) is 3.19. The Morgan fingerprint density at radius 1 is 1.09 bits per heavy atom. The summed E-state index contributed by atoms with van der Waals surface area (Å²) in [6, 6.07) is 20.5. The highest BCUT2D eigenvalue weighted by Gasteiger charge is 2.13. The standard InChI is InChI=1S/C24H19N5O3/c1-31-17-10-8-15-9-11-21(32-2)20(18(15)12-17)14-26-29-24-27-22(16-6-4-3-5-7-16)19(13-25)23(30)28-24/h3-12,14H,1-2H3,(H2,27,28,29,30). The van der Waals surface area contributed by atoms with Crippen LogP contribution < -0.4 is 20.5 Å². The summed E-state index contributed by atoms with van der Waals surface area (Å²) >= 11 is 0. The van der Waals surface area contributed by atoms with E-state index < -0.39 is 5.56 Å². The van der Waals surface area contributed by atoms with Crippen molar-refractivity contribution in [1.29, 1.82) is 5.26 Å². The predicted octanol–water partition coefficient (Wildman–Crippen LogP) is 3.92. The van der Waals surface area contributed by atoms with Crippen LogP contribution in [-0.4, -0.2) is 30.4 Å². The number of hydrazone groups is 1. The zero-order valence-electron chi connectivity index (χ0n) is 17.4. The molecule has 2 N–H and O–H groups in total. The third-order valence-electron chi connectivity index (χ3n) is 4.89. The van der Waals surface area contributed by atoms with Gasteiger partial charge in [0.2, 0.25) is 5.95 Å². The largest absolute Gasteiger partial charge is 0.497 e. The molecule has 32 heavy (non-hydrogen) atoms. The Bertz CT molecular complexity index is 1400. The lowest BCUT2D eigenvalue weighted by Crippen LogP contribution is -2.16. The van der Waals surface area contributed by atoms with E-state index in [2.05, 4.69) is 20.5 Å². The highest BCUT2D eigenvalue weighted by molar-refractivity contribution is 6.03. The zero-order valence-corrected chi connectivity index (χ0v) is 17.4. The number of benzene rings is 3. The molecule has 0 radical (unpaired) electrons. The predicted molar refractivity (Wildman–Crippen MR) is 123 cm³/mol. The van der Waals surface area contributed by atoms with Crippen LogP contribution in [0, 0.1) is 11.3 Å². The first-order chi connectivity index (χ1) is 15.6. The molecule has 0 atom stereocenters. The lowest BCUT2D eigenvalue weighted by molar-refractivity contribution is 0.413. The number of rotatable bonds is 6. The van der Waals surface area contributed by atoms with Crippen LogP contribution in [0.4, 0.5) is 5.95 Å². The molecule has 0 unspecified atom stereocenters. The maximum Gasteiger partial charge on any atom is 0.270 e. The molecule has 1 aromatic heterocycles. The number of hydrogen-bond acceptors (Lipinski definition) is 7. The zero-order chi connectivity index (χ0) is 22.5. The molecule has 1 heterocycles. The molecule has 3 aromatic carbocycles. The van der Waals surface area contributed by atoms with Gasteiger partial charge in [-0.1, -0.05) is 42.5 Å². The molecular weight excluding hydrogens is 406 g/mol. The summed E-state index contributed by atoms with van der Waals surface area (Å²) < 4.78 is 10.8. The average molecular weight is 425 g/mol. The smallest absolute Gasteiger partial charge is 0.270 e. The second-order valence-electron chi connectivity index (χ2n) is 6.75. The van der Waals surface area contributed by atoms with Crippen molar-refractivity contribution >= 4 is 22.9 Å². The summed E-state index contributed by atoms with van der Waals surface area (Å²) in [6.07, 6.45) is 1.58. The Hall–Kier alpha value is -4.64. The number of anilines is 1. The Morgan fingerprint density at radius 3 is 2.59 bits per heavy atom. The summed E-state index contributed by atoms with van der Waals surface area (Å²) in [5.41, 5.74) is 3.80. The van der Waals surface area contributed by atoms with Crippen LogP contribution in [0.5, 0.6) is 11.5 Å². The summed E-state index contributed by atoms with van der Waals surface area (Å²) in [6.45, 7) is 0. The van der Waals surface area contributed by atoms with Gasteiger partial charge in [-0.25, -0.2) is 10.4 Å². The lowest BCUT2D eigenvalue weighted by Gasteiger charge is -2.10. The van der Waals surface area contributed by atoms with Gasteiger partial charge >= 0.3 is 0 Å². The van der Waals surface area contributed by atoms with Crippen LogP contribution in [0.2, 0.25) is 0 Å². The van der Waals surface area contributed by atoms with Gasteiger partial charge in [0.05, 0.1) is 26.1 Å². The van der Waals surface area contributed by atoms with E-state index in [1.54, 1.807) is 32.6 Å². The number of ether oxygens (including phenoxy) is 2. The molecule has 0 aliphatic carbocycles. The fraction of sp³-hybridized carbons (Fsp3) is 0.0833. The molecule has 8 nitrogen and oxygen atoms in total. The molecule has 0 saturated carbocycles. The van der Waals surface area contributed by atoms with Gasteiger partial charge in [0.15, 0.2) is 0 Å². The van der Waals surface area contributed by atoms with Gasteiger partial charge in [0, 0.05) is 11.1 Å². The van der Waals surface area contributed by atoms with Gasteiger partial charge in [-0.05, 0) is 29.0 Å².